The fourth-order valence-corrected chi connectivity index (χ4v) is 3.15. The van der Waals surface area contributed by atoms with E-state index in [1.54, 1.807) is 6.07 Å². The summed E-state index contributed by atoms with van der Waals surface area (Å²) in [5.41, 5.74) is 1.13. The lowest BCUT2D eigenvalue weighted by atomic mass is 9.93. The van der Waals surface area contributed by atoms with Crippen LogP contribution in [0.15, 0.2) is 24.7 Å². The maximum Gasteiger partial charge on any atom is 0.333 e. The number of hydrogen-bond donors (Lipinski definition) is 1. The minimum absolute atomic E-state index is 0.0542. The number of ether oxygens (including phenoxy) is 1. The summed E-state index contributed by atoms with van der Waals surface area (Å²) in [6.45, 7) is -2.68. The van der Waals surface area contributed by atoms with Crippen molar-refractivity contribution in [3.8, 4) is 16.9 Å². The Bertz CT molecular complexity index is 694. The first-order chi connectivity index (χ1) is 11.6. The molecular formula is C16H19ClF2N4O. The summed E-state index contributed by atoms with van der Waals surface area (Å²) < 4.78 is 32.2. The van der Waals surface area contributed by atoms with Crippen LogP contribution in [0.25, 0.3) is 11.1 Å². The maximum atomic E-state index is 12.7. The predicted molar refractivity (Wildman–Crippen MR) is 87.5 cm³/mol. The number of pyridine rings is 1. The topological polar surface area (TPSA) is 52.0 Å². The molecule has 3 rings (SSSR count). The number of halogens is 3. The Morgan fingerprint density at radius 2 is 2.21 bits per heavy atom. The molecule has 1 aliphatic rings. The van der Waals surface area contributed by atoms with Gasteiger partial charge in [-0.05, 0) is 32.7 Å². The standard InChI is InChI=1S/C16H19ClF2N4O/c1-20-11-3-2-4-12(5-11)24-14-6-15(17)21-8-13(14)10-7-22-23(9-10)16(18)19/h6-9,11-12,16,20H,2-5H2,1H3/t11-,12-/m0/s1. The summed E-state index contributed by atoms with van der Waals surface area (Å²) in [6.07, 6.45) is 8.29. The van der Waals surface area contributed by atoms with Crippen molar-refractivity contribution in [2.24, 2.45) is 0 Å². The highest BCUT2D eigenvalue weighted by atomic mass is 35.5. The third-order valence-electron chi connectivity index (χ3n) is 4.27. The van der Waals surface area contributed by atoms with Gasteiger partial charge in [0.25, 0.3) is 0 Å². The van der Waals surface area contributed by atoms with E-state index in [-0.39, 0.29) is 6.10 Å². The van der Waals surface area contributed by atoms with Crippen molar-refractivity contribution in [1.82, 2.24) is 20.1 Å². The predicted octanol–water partition coefficient (Wildman–Crippen LogP) is 3.90. The van der Waals surface area contributed by atoms with Crippen molar-refractivity contribution in [3.63, 3.8) is 0 Å². The van der Waals surface area contributed by atoms with E-state index in [1.807, 2.05) is 7.05 Å². The fraction of sp³-hybridized carbons (Fsp3) is 0.500. The molecule has 24 heavy (non-hydrogen) atoms. The molecule has 5 nitrogen and oxygen atoms in total. The van der Waals surface area contributed by atoms with Crippen LogP contribution in [0, 0.1) is 0 Å². The van der Waals surface area contributed by atoms with Crippen LogP contribution < -0.4 is 10.1 Å². The van der Waals surface area contributed by atoms with E-state index in [9.17, 15) is 8.78 Å². The average molecular weight is 357 g/mol. The van der Waals surface area contributed by atoms with Crippen LogP contribution in [0.2, 0.25) is 5.15 Å². The van der Waals surface area contributed by atoms with Gasteiger partial charge in [-0.2, -0.15) is 13.9 Å². The minimum Gasteiger partial charge on any atom is -0.490 e. The zero-order valence-corrected chi connectivity index (χ0v) is 14.0. The fourth-order valence-electron chi connectivity index (χ4n) is 3.00. The van der Waals surface area contributed by atoms with Gasteiger partial charge in [0, 0.05) is 35.6 Å². The Morgan fingerprint density at radius 3 is 2.92 bits per heavy atom. The molecule has 2 aromatic rings. The van der Waals surface area contributed by atoms with Crippen LogP contribution in [-0.4, -0.2) is 34.0 Å². The number of nitrogens with one attached hydrogen (secondary N) is 1. The summed E-state index contributed by atoms with van der Waals surface area (Å²) >= 11 is 5.99. The third kappa shape index (κ3) is 3.84. The lowest BCUT2D eigenvalue weighted by molar-refractivity contribution is 0.0566. The average Bonchev–Trinajstić information content (AvgIpc) is 3.05. The van der Waals surface area contributed by atoms with E-state index < -0.39 is 6.55 Å². The Balaban J connectivity index is 1.85. The number of rotatable bonds is 5. The molecule has 2 heterocycles. The van der Waals surface area contributed by atoms with Crippen LogP contribution in [0.3, 0.4) is 0 Å². The van der Waals surface area contributed by atoms with Crippen LogP contribution >= 0.6 is 11.6 Å². The molecule has 0 amide bonds. The van der Waals surface area contributed by atoms with Gasteiger partial charge in [0.2, 0.25) is 0 Å². The van der Waals surface area contributed by atoms with Gasteiger partial charge in [-0.15, -0.1) is 0 Å². The largest absolute Gasteiger partial charge is 0.490 e. The Kier molecular flexibility index (Phi) is 5.30. The molecule has 0 aliphatic heterocycles. The highest BCUT2D eigenvalue weighted by Crippen LogP contribution is 2.34. The number of nitrogens with zero attached hydrogens (tertiary/aromatic N) is 3. The Hall–Kier alpha value is -1.73. The molecule has 0 bridgehead atoms. The van der Waals surface area contributed by atoms with Gasteiger partial charge in [0.05, 0.1) is 6.20 Å². The highest BCUT2D eigenvalue weighted by molar-refractivity contribution is 6.29. The molecule has 2 atom stereocenters. The molecule has 0 unspecified atom stereocenters. The van der Waals surface area contributed by atoms with Gasteiger partial charge in [-0.25, -0.2) is 9.67 Å². The van der Waals surface area contributed by atoms with Crippen LogP contribution in [0.5, 0.6) is 5.75 Å². The summed E-state index contributed by atoms with van der Waals surface area (Å²) in [5.74, 6) is 0.547. The van der Waals surface area contributed by atoms with Gasteiger partial charge in [-0.1, -0.05) is 11.6 Å². The molecule has 1 fully saturated rings. The molecule has 1 aliphatic carbocycles. The van der Waals surface area contributed by atoms with Crippen molar-refractivity contribution in [1.29, 1.82) is 0 Å². The SMILES string of the molecule is CN[C@H]1CCC[C@H](Oc2cc(Cl)ncc2-c2cnn(C(F)F)c2)C1. The van der Waals surface area contributed by atoms with Crippen LogP contribution in [0.4, 0.5) is 8.78 Å². The lowest BCUT2D eigenvalue weighted by Gasteiger charge is -2.29. The number of aromatic nitrogens is 3. The number of hydrogen-bond acceptors (Lipinski definition) is 4. The molecule has 0 aromatic carbocycles. The second-order valence-corrected chi connectivity index (χ2v) is 6.27. The van der Waals surface area contributed by atoms with Gasteiger partial charge in [0.1, 0.15) is 17.0 Å². The summed E-state index contributed by atoms with van der Waals surface area (Å²) in [4.78, 5) is 4.04. The van der Waals surface area contributed by atoms with E-state index in [1.165, 1.54) is 18.6 Å². The molecular weight excluding hydrogens is 338 g/mol. The van der Waals surface area contributed by atoms with E-state index in [0.717, 1.165) is 25.7 Å². The molecule has 0 radical (unpaired) electrons. The van der Waals surface area contributed by atoms with E-state index in [0.29, 0.717) is 32.8 Å². The molecule has 2 aromatic heterocycles. The molecule has 0 saturated heterocycles. The van der Waals surface area contributed by atoms with Crippen molar-refractivity contribution >= 4 is 11.6 Å². The smallest absolute Gasteiger partial charge is 0.333 e. The monoisotopic (exact) mass is 356 g/mol. The van der Waals surface area contributed by atoms with Crippen molar-refractivity contribution in [2.45, 2.75) is 44.4 Å². The lowest BCUT2D eigenvalue weighted by Crippen LogP contribution is -2.36. The first-order valence-electron chi connectivity index (χ1n) is 7.89. The van der Waals surface area contributed by atoms with E-state index in [2.05, 4.69) is 15.4 Å². The van der Waals surface area contributed by atoms with Gasteiger partial charge < -0.3 is 10.1 Å². The van der Waals surface area contributed by atoms with E-state index >= 15 is 0 Å². The second-order valence-electron chi connectivity index (χ2n) is 5.88. The maximum absolute atomic E-state index is 12.7. The summed E-state index contributed by atoms with van der Waals surface area (Å²) in [5, 5.41) is 7.25. The second kappa shape index (κ2) is 7.44. The summed E-state index contributed by atoms with van der Waals surface area (Å²) in [7, 11) is 1.94. The molecule has 0 spiro atoms. The van der Waals surface area contributed by atoms with Crippen LogP contribution in [0.1, 0.15) is 32.2 Å². The minimum atomic E-state index is -2.68. The van der Waals surface area contributed by atoms with Gasteiger partial charge >= 0.3 is 6.55 Å². The van der Waals surface area contributed by atoms with Gasteiger partial charge in [-0.3, -0.25) is 0 Å². The first-order valence-corrected chi connectivity index (χ1v) is 8.26. The summed E-state index contributed by atoms with van der Waals surface area (Å²) in [6, 6.07) is 2.05. The Labute approximate surface area is 144 Å². The number of alkyl halides is 2. The molecule has 8 heteroatoms. The zero-order chi connectivity index (χ0) is 17.1. The highest BCUT2D eigenvalue weighted by Gasteiger charge is 2.24. The van der Waals surface area contributed by atoms with Crippen molar-refractivity contribution < 1.29 is 13.5 Å². The Morgan fingerprint density at radius 1 is 1.38 bits per heavy atom. The van der Waals surface area contributed by atoms with Gasteiger partial charge in [0.15, 0.2) is 0 Å². The van der Waals surface area contributed by atoms with Crippen LogP contribution in [-0.2, 0) is 0 Å². The van der Waals surface area contributed by atoms with E-state index in [4.69, 9.17) is 16.3 Å². The van der Waals surface area contributed by atoms with Crippen molar-refractivity contribution in [3.05, 3.63) is 29.8 Å². The quantitative estimate of drug-likeness (QED) is 0.825. The zero-order valence-electron chi connectivity index (χ0n) is 13.3. The van der Waals surface area contributed by atoms with Crippen molar-refractivity contribution in [2.75, 3.05) is 7.05 Å². The molecule has 130 valence electrons. The molecule has 1 saturated carbocycles. The molecule has 1 N–H and O–H groups in total. The third-order valence-corrected chi connectivity index (χ3v) is 4.48. The first kappa shape index (κ1) is 17.1. The normalized spacial score (nSPS) is 21.2.